The summed E-state index contributed by atoms with van der Waals surface area (Å²) >= 11 is 0. The van der Waals surface area contributed by atoms with Gasteiger partial charge in [0, 0.05) is 5.54 Å². The van der Waals surface area contributed by atoms with Crippen LogP contribution in [0.2, 0.25) is 0 Å². The minimum absolute atomic E-state index is 0.0197. The molecule has 17 heavy (non-hydrogen) atoms. The molecule has 0 radical (unpaired) electrons. The van der Waals surface area contributed by atoms with Crippen molar-refractivity contribution in [2.24, 2.45) is 0 Å². The second-order valence-corrected chi connectivity index (χ2v) is 5.42. The number of nitrogens with one attached hydrogen (secondary N) is 1. The van der Waals surface area contributed by atoms with E-state index in [0.717, 1.165) is 5.75 Å². The zero-order valence-corrected chi connectivity index (χ0v) is 11.1. The smallest absolute Gasteiger partial charge is 0.119 e. The molecule has 2 rings (SSSR count). The van der Waals surface area contributed by atoms with Crippen LogP contribution in [-0.4, -0.2) is 13.2 Å². The van der Waals surface area contributed by atoms with Gasteiger partial charge in [0.2, 0.25) is 0 Å². The van der Waals surface area contributed by atoms with Crippen LogP contribution in [0, 0.1) is 0 Å². The van der Waals surface area contributed by atoms with E-state index in [1.165, 1.54) is 31.2 Å². The molecule has 1 aliphatic carbocycles. The molecular weight excluding hydrogens is 210 g/mol. The number of hydrogen-bond donors (Lipinski definition) is 1. The lowest BCUT2D eigenvalue weighted by Gasteiger charge is -2.25. The Kier molecular flexibility index (Phi) is 3.72. The molecule has 0 saturated heterocycles. The standard InChI is InChI=1S/C15H23NO/c1-15(2,16-3)12-8-10-14(11-9-12)17-13-6-4-5-7-13/h8-11,13,16H,4-7H2,1-3H3. The summed E-state index contributed by atoms with van der Waals surface area (Å²) in [6, 6.07) is 8.49. The highest BCUT2D eigenvalue weighted by molar-refractivity contribution is 5.31. The number of hydrogen-bond acceptors (Lipinski definition) is 2. The second-order valence-electron chi connectivity index (χ2n) is 5.42. The van der Waals surface area contributed by atoms with Crippen LogP contribution < -0.4 is 10.1 Å². The van der Waals surface area contributed by atoms with E-state index < -0.39 is 0 Å². The van der Waals surface area contributed by atoms with Crippen molar-refractivity contribution in [3.63, 3.8) is 0 Å². The SMILES string of the molecule is CNC(C)(C)c1ccc(OC2CCCC2)cc1. The zero-order valence-electron chi connectivity index (χ0n) is 11.1. The fourth-order valence-corrected chi connectivity index (χ4v) is 2.29. The molecule has 0 aromatic heterocycles. The first kappa shape index (κ1) is 12.4. The lowest BCUT2D eigenvalue weighted by atomic mass is 9.95. The van der Waals surface area contributed by atoms with Crippen molar-refractivity contribution in [3.8, 4) is 5.75 Å². The van der Waals surface area contributed by atoms with Gasteiger partial charge in [0.05, 0.1) is 6.10 Å². The zero-order chi connectivity index (χ0) is 12.3. The van der Waals surface area contributed by atoms with Gasteiger partial charge in [-0.3, -0.25) is 0 Å². The molecule has 1 aliphatic rings. The Hall–Kier alpha value is -1.02. The summed E-state index contributed by atoms with van der Waals surface area (Å²) in [5, 5.41) is 3.31. The van der Waals surface area contributed by atoms with Crippen LogP contribution in [0.1, 0.15) is 45.1 Å². The van der Waals surface area contributed by atoms with E-state index in [1.54, 1.807) is 0 Å². The van der Waals surface area contributed by atoms with Crippen molar-refractivity contribution >= 4 is 0 Å². The molecule has 0 amide bonds. The van der Waals surface area contributed by atoms with Crippen molar-refractivity contribution in [2.45, 2.75) is 51.2 Å². The Balaban J connectivity index is 2.02. The van der Waals surface area contributed by atoms with Gasteiger partial charge in [0.1, 0.15) is 5.75 Å². The summed E-state index contributed by atoms with van der Waals surface area (Å²) in [7, 11) is 1.99. The van der Waals surface area contributed by atoms with Crippen molar-refractivity contribution in [2.75, 3.05) is 7.05 Å². The van der Waals surface area contributed by atoms with Crippen LogP contribution in [-0.2, 0) is 5.54 Å². The largest absolute Gasteiger partial charge is 0.490 e. The third kappa shape index (κ3) is 3.01. The normalized spacial score (nSPS) is 17.4. The molecule has 1 aromatic rings. The van der Waals surface area contributed by atoms with Gasteiger partial charge in [-0.15, -0.1) is 0 Å². The first-order chi connectivity index (χ1) is 8.12. The van der Waals surface area contributed by atoms with Crippen LogP contribution in [0.4, 0.5) is 0 Å². The van der Waals surface area contributed by atoms with Crippen LogP contribution in [0.15, 0.2) is 24.3 Å². The van der Waals surface area contributed by atoms with Crippen molar-refractivity contribution < 1.29 is 4.74 Å². The van der Waals surface area contributed by atoms with Crippen molar-refractivity contribution in [1.29, 1.82) is 0 Å². The predicted octanol–water partition coefficient (Wildman–Crippen LogP) is 3.46. The summed E-state index contributed by atoms with van der Waals surface area (Å²) in [6.45, 7) is 4.36. The van der Waals surface area contributed by atoms with Gasteiger partial charge in [-0.2, -0.15) is 0 Å². The van der Waals surface area contributed by atoms with Crippen molar-refractivity contribution in [3.05, 3.63) is 29.8 Å². The lowest BCUT2D eigenvalue weighted by Crippen LogP contribution is -2.32. The highest BCUT2D eigenvalue weighted by atomic mass is 16.5. The third-order valence-electron chi connectivity index (χ3n) is 3.81. The van der Waals surface area contributed by atoms with Gasteiger partial charge in [0.25, 0.3) is 0 Å². The van der Waals surface area contributed by atoms with E-state index in [1.807, 2.05) is 7.05 Å². The maximum absolute atomic E-state index is 5.96. The van der Waals surface area contributed by atoms with Crippen LogP contribution in [0.3, 0.4) is 0 Å². The molecule has 94 valence electrons. The summed E-state index contributed by atoms with van der Waals surface area (Å²) in [5.74, 6) is 1.01. The van der Waals surface area contributed by atoms with Gasteiger partial charge in [-0.05, 0) is 64.3 Å². The summed E-state index contributed by atoms with van der Waals surface area (Å²) in [5.41, 5.74) is 1.31. The molecule has 1 fully saturated rings. The van der Waals surface area contributed by atoms with Crippen molar-refractivity contribution in [1.82, 2.24) is 5.32 Å². The maximum atomic E-state index is 5.96. The quantitative estimate of drug-likeness (QED) is 0.860. The first-order valence-corrected chi connectivity index (χ1v) is 6.58. The molecule has 0 heterocycles. The molecular formula is C15H23NO. The Labute approximate surface area is 104 Å². The highest BCUT2D eigenvalue weighted by Gasteiger charge is 2.19. The molecule has 0 spiro atoms. The minimum atomic E-state index is 0.0197. The Morgan fingerprint density at radius 3 is 2.24 bits per heavy atom. The topological polar surface area (TPSA) is 21.3 Å². The van der Waals surface area contributed by atoms with Crippen LogP contribution in [0.5, 0.6) is 5.75 Å². The van der Waals surface area contributed by atoms with Gasteiger partial charge < -0.3 is 10.1 Å². The first-order valence-electron chi connectivity index (χ1n) is 6.58. The van der Waals surface area contributed by atoms with Crippen LogP contribution in [0.25, 0.3) is 0 Å². The molecule has 2 nitrogen and oxygen atoms in total. The van der Waals surface area contributed by atoms with E-state index in [9.17, 15) is 0 Å². The number of ether oxygens (including phenoxy) is 1. The Bertz CT molecular complexity index is 350. The molecule has 1 N–H and O–H groups in total. The molecule has 2 heteroatoms. The van der Waals surface area contributed by atoms with E-state index >= 15 is 0 Å². The van der Waals surface area contributed by atoms with E-state index in [-0.39, 0.29) is 5.54 Å². The van der Waals surface area contributed by atoms with Gasteiger partial charge in [-0.1, -0.05) is 12.1 Å². The number of benzene rings is 1. The highest BCUT2D eigenvalue weighted by Crippen LogP contribution is 2.26. The Morgan fingerprint density at radius 2 is 1.71 bits per heavy atom. The third-order valence-corrected chi connectivity index (χ3v) is 3.81. The van der Waals surface area contributed by atoms with Gasteiger partial charge in [-0.25, -0.2) is 0 Å². The Morgan fingerprint density at radius 1 is 1.12 bits per heavy atom. The summed E-state index contributed by atoms with van der Waals surface area (Å²) in [4.78, 5) is 0. The second kappa shape index (κ2) is 5.09. The maximum Gasteiger partial charge on any atom is 0.119 e. The fourth-order valence-electron chi connectivity index (χ4n) is 2.29. The summed E-state index contributed by atoms with van der Waals surface area (Å²) in [6.07, 6.45) is 5.50. The van der Waals surface area contributed by atoms with Crippen LogP contribution >= 0.6 is 0 Å². The average molecular weight is 233 g/mol. The lowest BCUT2D eigenvalue weighted by molar-refractivity contribution is 0.210. The molecule has 0 atom stereocenters. The fraction of sp³-hybridized carbons (Fsp3) is 0.600. The summed E-state index contributed by atoms with van der Waals surface area (Å²) < 4.78 is 5.96. The van der Waals surface area contributed by atoms with E-state index in [2.05, 4.69) is 43.4 Å². The van der Waals surface area contributed by atoms with Gasteiger partial charge in [0.15, 0.2) is 0 Å². The molecule has 1 aromatic carbocycles. The predicted molar refractivity (Wildman–Crippen MR) is 71.4 cm³/mol. The molecule has 0 aliphatic heterocycles. The molecule has 0 bridgehead atoms. The average Bonchev–Trinajstić information content (AvgIpc) is 2.83. The minimum Gasteiger partial charge on any atom is -0.490 e. The van der Waals surface area contributed by atoms with E-state index in [4.69, 9.17) is 4.74 Å². The number of rotatable bonds is 4. The molecule has 1 saturated carbocycles. The monoisotopic (exact) mass is 233 g/mol. The van der Waals surface area contributed by atoms with Gasteiger partial charge >= 0.3 is 0 Å². The van der Waals surface area contributed by atoms with E-state index in [0.29, 0.717) is 6.10 Å². The molecule has 0 unspecified atom stereocenters.